The molecule has 0 aromatic rings. The minimum absolute atomic E-state index is 0.253. The van der Waals surface area contributed by atoms with Gasteiger partial charge >= 0.3 is 0 Å². The Morgan fingerprint density at radius 2 is 1.77 bits per heavy atom. The average Bonchev–Trinajstić information content (AvgIpc) is 2.05. The van der Waals surface area contributed by atoms with Gasteiger partial charge < -0.3 is 4.74 Å². The lowest BCUT2D eigenvalue weighted by molar-refractivity contribution is 0.199. The number of rotatable bonds is 8. The Morgan fingerprint density at radius 1 is 1.15 bits per heavy atom. The van der Waals surface area contributed by atoms with E-state index in [1.807, 2.05) is 0 Å². The van der Waals surface area contributed by atoms with Crippen LogP contribution in [0.1, 0.15) is 19.3 Å². The van der Waals surface area contributed by atoms with Gasteiger partial charge in [0, 0.05) is 19.0 Å². The fraction of sp³-hybridized carbons (Fsp3) is 1.00. The van der Waals surface area contributed by atoms with Crippen LogP contribution in [0.5, 0.6) is 0 Å². The Morgan fingerprint density at radius 3 is 2.31 bits per heavy atom. The molecule has 0 aromatic heterocycles. The molecule has 0 aliphatic carbocycles. The summed E-state index contributed by atoms with van der Waals surface area (Å²) < 4.78 is 27.4. The van der Waals surface area contributed by atoms with Gasteiger partial charge in [-0.15, -0.1) is 0 Å². The zero-order chi connectivity index (χ0) is 10.2. The molecule has 13 heavy (non-hydrogen) atoms. The van der Waals surface area contributed by atoms with Crippen LogP contribution in [0.4, 0.5) is 0 Å². The van der Waals surface area contributed by atoms with E-state index in [0.717, 1.165) is 18.2 Å². The van der Waals surface area contributed by atoms with Gasteiger partial charge in [-0.1, -0.05) is 15.9 Å². The summed E-state index contributed by atoms with van der Waals surface area (Å²) in [6.45, 7) is 0.525. The summed E-state index contributed by atoms with van der Waals surface area (Å²) in [5.41, 5.74) is 0. The molecular weight excluding hydrogens is 256 g/mol. The Kier molecular flexibility index (Phi) is 8.00. The number of alkyl halides is 1. The van der Waals surface area contributed by atoms with Crippen LogP contribution >= 0.6 is 15.9 Å². The zero-order valence-corrected chi connectivity index (χ0v) is 10.4. The summed E-state index contributed by atoms with van der Waals surface area (Å²) in [6, 6.07) is 0. The van der Waals surface area contributed by atoms with Crippen LogP contribution in [0.25, 0.3) is 0 Å². The van der Waals surface area contributed by atoms with E-state index in [1.54, 1.807) is 7.11 Å². The third kappa shape index (κ3) is 8.71. The molecule has 0 saturated heterocycles. The van der Waals surface area contributed by atoms with Crippen molar-refractivity contribution < 1.29 is 13.2 Å². The first-order valence-corrected chi connectivity index (χ1v) is 7.32. The van der Waals surface area contributed by atoms with Crippen molar-refractivity contribution in [3.05, 3.63) is 0 Å². The fourth-order valence-electron chi connectivity index (χ4n) is 0.942. The molecule has 0 rings (SSSR count). The summed E-state index contributed by atoms with van der Waals surface area (Å²) in [4.78, 5) is 0. The maximum atomic E-state index is 11.3. The van der Waals surface area contributed by atoms with Gasteiger partial charge in [-0.05, 0) is 19.3 Å². The summed E-state index contributed by atoms with van der Waals surface area (Å²) in [7, 11) is -1.25. The Labute approximate surface area is 88.9 Å². The molecule has 5 heteroatoms. The number of methoxy groups -OCH3 is 1. The van der Waals surface area contributed by atoms with Crippen LogP contribution < -0.4 is 0 Å². The first kappa shape index (κ1) is 13.4. The highest BCUT2D eigenvalue weighted by Crippen LogP contribution is 2.01. The third-order valence-electron chi connectivity index (χ3n) is 1.64. The molecule has 0 amide bonds. The normalized spacial score (nSPS) is 11.8. The van der Waals surface area contributed by atoms with Crippen molar-refractivity contribution in [3.8, 4) is 0 Å². The van der Waals surface area contributed by atoms with Crippen LogP contribution in [-0.4, -0.2) is 39.0 Å². The Bertz CT molecular complexity index is 185. The quantitative estimate of drug-likeness (QED) is 0.498. The van der Waals surface area contributed by atoms with Gasteiger partial charge in [-0.2, -0.15) is 0 Å². The van der Waals surface area contributed by atoms with E-state index in [1.165, 1.54) is 0 Å². The van der Waals surface area contributed by atoms with Crippen molar-refractivity contribution in [2.75, 3.05) is 30.6 Å². The van der Waals surface area contributed by atoms with Crippen molar-refractivity contribution >= 4 is 25.8 Å². The van der Waals surface area contributed by atoms with E-state index in [-0.39, 0.29) is 5.75 Å². The highest BCUT2D eigenvalue weighted by molar-refractivity contribution is 9.09. The van der Waals surface area contributed by atoms with Gasteiger partial charge in [0.05, 0.1) is 11.5 Å². The molecule has 0 aromatic carbocycles. The molecule has 0 bridgehead atoms. The van der Waals surface area contributed by atoms with Crippen molar-refractivity contribution in [2.24, 2.45) is 0 Å². The fourth-order valence-corrected chi connectivity index (χ4v) is 2.74. The van der Waals surface area contributed by atoms with E-state index in [9.17, 15) is 8.42 Å². The number of hydrogen-bond acceptors (Lipinski definition) is 3. The molecule has 0 aliphatic rings. The van der Waals surface area contributed by atoms with Crippen molar-refractivity contribution in [3.63, 3.8) is 0 Å². The van der Waals surface area contributed by atoms with Gasteiger partial charge in [0.2, 0.25) is 0 Å². The first-order valence-electron chi connectivity index (χ1n) is 4.37. The number of halogens is 1. The van der Waals surface area contributed by atoms with E-state index in [4.69, 9.17) is 4.74 Å². The van der Waals surface area contributed by atoms with Gasteiger partial charge in [0.1, 0.15) is 9.84 Å². The number of hydrogen-bond donors (Lipinski definition) is 0. The molecule has 3 nitrogen and oxygen atoms in total. The van der Waals surface area contributed by atoms with Crippen molar-refractivity contribution in [1.29, 1.82) is 0 Å². The van der Waals surface area contributed by atoms with Crippen LogP contribution in [0.3, 0.4) is 0 Å². The van der Waals surface area contributed by atoms with Gasteiger partial charge in [-0.25, -0.2) is 8.42 Å². The average molecular weight is 273 g/mol. The molecule has 80 valence electrons. The highest BCUT2D eigenvalue weighted by Gasteiger charge is 2.09. The molecule has 0 unspecified atom stereocenters. The number of ether oxygens (including phenoxy) is 1. The molecule has 0 N–H and O–H groups in total. The van der Waals surface area contributed by atoms with E-state index < -0.39 is 9.84 Å². The van der Waals surface area contributed by atoms with E-state index >= 15 is 0 Å². The number of unbranched alkanes of at least 4 members (excludes halogenated alkanes) is 1. The van der Waals surface area contributed by atoms with Crippen LogP contribution in [0.15, 0.2) is 0 Å². The summed E-state index contributed by atoms with van der Waals surface area (Å²) in [5, 5.41) is 0.876. The zero-order valence-electron chi connectivity index (χ0n) is 7.96. The minimum atomic E-state index is -2.83. The second kappa shape index (κ2) is 7.76. The lowest BCUT2D eigenvalue weighted by Gasteiger charge is -2.02. The molecular formula is C8H17BrO3S. The van der Waals surface area contributed by atoms with Crippen LogP contribution in [-0.2, 0) is 14.6 Å². The third-order valence-corrected chi connectivity index (χ3v) is 4.02. The van der Waals surface area contributed by atoms with Crippen LogP contribution in [0.2, 0.25) is 0 Å². The predicted molar refractivity (Wildman–Crippen MR) is 58.2 cm³/mol. The minimum Gasteiger partial charge on any atom is -0.385 e. The monoisotopic (exact) mass is 272 g/mol. The highest BCUT2D eigenvalue weighted by atomic mass is 79.9. The van der Waals surface area contributed by atoms with E-state index in [0.29, 0.717) is 18.8 Å². The predicted octanol–water partition coefficient (Wildman–Crippen LogP) is 1.61. The molecule has 0 spiro atoms. The van der Waals surface area contributed by atoms with Gasteiger partial charge in [-0.3, -0.25) is 0 Å². The molecule has 0 radical (unpaired) electrons. The molecule has 0 heterocycles. The van der Waals surface area contributed by atoms with Crippen molar-refractivity contribution in [2.45, 2.75) is 19.3 Å². The first-order chi connectivity index (χ1) is 6.12. The molecule has 0 aliphatic heterocycles. The summed E-state index contributed by atoms with van der Waals surface area (Å²) in [6.07, 6.45) is 2.28. The van der Waals surface area contributed by atoms with Crippen molar-refractivity contribution in [1.82, 2.24) is 0 Å². The molecule has 0 fully saturated rings. The topological polar surface area (TPSA) is 43.4 Å². The molecule has 0 saturated carbocycles. The second-order valence-corrected chi connectivity index (χ2v) is 5.99. The smallest absolute Gasteiger partial charge is 0.150 e. The largest absolute Gasteiger partial charge is 0.385 e. The SMILES string of the molecule is COCCCS(=O)(=O)CCCCBr. The maximum absolute atomic E-state index is 11.3. The van der Waals surface area contributed by atoms with Crippen LogP contribution in [0, 0.1) is 0 Å². The second-order valence-electron chi connectivity index (χ2n) is 2.89. The van der Waals surface area contributed by atoms with Gasteiger partial charge in [0.25, 0.3) is 0 Å². The van der Waals surface area contributed by atoms with E-state index in [2.05, 4.69) is 15.9 Å². The number of sulfone groups is 1. The Hall–Kier alpha value is 0.390. The molecule has 0 atom stereocenters. The lowest BCUT2D eigenvalue weighted by Crippen LogP contribution is -2.12. The van der Waals surface area contributed by atoms with Gasteiger partial charge in [0.15, 0.2) is 0 Å². The lowest BCUT2D eigenvalue weighted by atomic mass is 10.4. The Balaban J connectivity index is 3.55. The summed E-state index contributed by atoms with van der Waals surface area (Å²) >= 11 is 3.27. The summed E-state index contributed by atoms with van der Waals surface area (Å²) in [5.74, 6) is 0.561. The maximum Gasteiger partial charge on any atom is 0.150 e. The standard InChI is InChI=1S/C8H17BrO3S/c1-12-6-4-8-13(10,11)7-3-2-5-9/h2-8H2,1H3.